The first-order valence-corrected chi connectivity index (χ1v) is 16.9. The van der Waals surface area contributed by atoms with Crippen molar-refractivity contribution in [3.05, 3.63) is 163 Å². The molecule has 0 unspecified atom stereocenters. The minimum absolute atomic E-state index is 0.387. The second-order valence-electron chi connectivity index (χ2n) is 13.3. The molecule has 6 nitrogen and oxygen atoms in total. The molecule has 0 aliphatic carbocycles. The minimum Gasteiger partial charge on any atom is -0.438 e. The zero-order valence-electron chi connectivity index (χ0n) is 27.6. The lowest BCUT2D eigenvalue weighted by atomic mass is 9.75. The first kappa shape index (κ1) is 28.5. The number of para-hydroxylation sites is 3. The maximum atomic E-state index is 7.29. The van der Waals surface area contributed by atoms with E-state index in [9.17, 15) is 0 Å². The molecule has 238 valence electrons. The number of nitrogens with zero attached hydrogens (tertiary/aromatic N) is 5. The highest BCUT2D eigenvalue weighted by Gasteiger charge is 2.41. The van der Waals surface area contributed by atoms with Gasteiger partial charge in [0.2, 0.25) is 11.8 Å². The Morgan fingerprint density at radius 2 is 1.04 bits per heavy atom. The quantitative estimate of drug-likeness (QED) is 0.191. The first-order valence-electron chi connectivity index (χ1n) is 16.9. The van der Waals surface area contributed by atoms with Crippen molar-refractivity contribution in [2.24, 2.45) is 0 Å². The third-order valence-corrected chi connectivity index (χ3v) is 10.0. The number of rotatable bonds is 4. The van der Waals surface area contributed by atoms with E-state index in [0.29, 0.717) is 17.6 Å². The average Bonchev–Trinajstić information content (AvgIpc) is 3.69. The summed E-state index contributed by atoms with van der Waals surface area (Å²) in [6, 6.07) is 52.2. The molecule has 3 aromatic heterocycles. The lowest BCUT2D eigenvalue weighted by Crippen LogP contribution is -2.25. The number of ether oxygens (including phenoxy) is 1. The molecule has 0 saturated heterocycles. The number of fused-ring (bicyclic) bond motifs is 8. The average molecular weight is 646 g/mol. The molecule has 0 amide bonds. The van der Waals surface area contributed by atoms with Crippen LogP contribution in [-0.2, 0) is 5.41 Å². The van der Waals surface area contributed by atoms with E-state index in [1.165, 1.54) is 10.9 Å². The molecule has 0 bridgehead atoms. The Kier molecular flexibility index (Phi) is 6.12. The molecule has 0 fully saturated rings. The smallest absolute Gasteiger partial charge is 0.238 e. The van der Waals surface area contributed by atoms with Crippen molar-refractivity contribution in [3.63, 3.8) is 0 Å². The molecule has 50 heavy (non-hydrogen) atoms. The lowest BCUT2D eigenvalue weighted by Gasteiger charge is -2.34. The summed E-state index contributed by atoms with van der Waals surface area (Å²) >= 11 is 0. The second kappa shape index (κ2) is 10.7. The Bertz CT molecular complexity index is 2690. The highest BCUT2D eigenvalue weighted by molar-refractivity contribution is 6.12. The Morgan fingerprint density at radius 3 is 1.68 bits per heavy atom. The SMILES string of the molecule is CC1(C)c2ccc3c4ccccc4n(-c4nc(-c5ccccc5)nc(-c5ccccc5)n4)c3c2Oc2c1c1ccccc1n2-c1ccccc1. The van der Waals surface area contributed by atoms with Gasteiger partial charge < -0.3 is 4.74 Å². The van der Waals surface area contributed by atoms with Crippen LogP contribution in [-0.4, -0.2) is 24.1 Å². The Morgan fingerprint density at radius 1 is 0.500 bits per heavy atom. The fourth-order valence-electron chi connectivity index (χ4n) is 7.71. The molecule has 10 rings (SSSR count). The summed E-state index contributed by atoms with van der Waals surface area (Å²) in [6.07, 6.45) is 0. The standard InChI is InChI=1S/C44H31N5O/c1-44(2)34-27-26-32-31-22-12-14-24-35(31)49(43-46-40(28-16-6-3-7-17-28)45-41(47-43)29-18-8-4-9-19-29)38(32)39(34)50-42-37(44)33-23-13-15-25-36(33)48(42)30-20-10-5-11-21-30/h3-27H,1-2H3. The summed E-state index contributed by atoms with van der Waals surface area (Å²) in [5.74, 6) is 3.38. The van der Waals surface area contributed by atoms with Crippen LogP contribution >= 0.6 is 0 Å². The molecule has 0 N–H and O–H groups in total. The van der Waals surface area contributed by atoms with E-state index in [2.05, 4.69) is 108 Å². The highest BCUT2D eigenvalue weighted by Crippen LogP contribution is 2.55. The first-order chi connectivity index (χ1) is 24.6. The third kappa shape index (κ3) is 4.12. The van der Waals surface area contributed by atoms with Gasteiger partial charge in [0.1, 0.15) is 5.52 Å². The summed E-state index contributed by atoms with van der Waals surface area (Å²) in [5.41, 5.74) is 7.82. The summed E-state index contributed by atoms with van der Waals surface area (Å²) in [5, 5.41) is 3.35. The van der Waals surface area contributed by atoms with E-state index in [-0.39, 0.29) is 5.41 Å². The Balaban J connectivity index is 1.31. The van der Waals surface area contributed by atoms with Crippen molar-refractivity contribution >= 4 is 32.7 Å². The van der Waals surface area contributed by atoms with Crippen molar-refractivity contribution in [1.82, 2.24) is 24.1 Å². The number of aromatic nitrogens is 5. The van der Waals surface area contributed by atoms with Gasteiger partial charge in [-0.3, -0.25) is 9.13 Å². The molecule has 0 radical (unpaired) electrons. The number of benzene rings is 6. The van der Waals surface area contributed by atoms with Gasteiger partial charge in [0.15, 0.2) is 17.4 Å². The highest BCUT2D eigenvalue weighted by atomic mass is 16.5. The van der Waals surface area contributed by atoms with Gasteiger partial charge in [0, 0.05) is 49.5 Å². The molecular formula is C44H31N5O. The van der Waals surface area contributed by atoms with Crippen LogP contribution in [0.3, 0.4) is 0 Å². The van der Waals surface area contributed by atoms with Crippen LogP contribution < -0.4 is 4.74 Å². The van der Waals surface area contributed by atoms with E-state index in [1.54, 1.807) is 0 Å². The fourth-order valence-corrected chi connectivity index (χ4v) is 7.71. The third-order valence-electron chi connectivity index (χ3n) is 10.0. The van der Waals surface area contributed by atoms with Crippen LogP contribution in [0.4, 0.5) is 0 Å². The van der Waals surface area contributed by atoms with Crippen molar-refractivity contribution in [3.8, 4) is 46.0 Å². The van der Waals surface area contributed by atoms with Crippen LogP contribution in [0.2, 0.25) is 0 Å². The number of hydrogen-bond acceptors (Lipinski definition) is 4. The Labute approximate surface area is 288 Å². The van der Waals surface area contributed by atoms with Crippen molar-refractivity contribution in [2.75, 3.05) is 0 Å². The van der Waals surface area contributed by atoms with E-state index < -0.39 is 0 Å². The predicted molar refractivity (Wildman–Crippen MR) is 201 cm³/mol. The van der Waals surface area contributed by atoms with Gasteiger partial charge in [0.25, 0.3) is 0 Å². The van der Waals surface area contributed by atoms with Crippen molar-refractivity contribution in [1.29, 1.82) is 0 Å². The predicted octanol–water partition coefficient (Wildman–Crippen LogP) is 10.7. The van der Waals surface area contributed by atoms with Crippen molar-refractivity contribution in [2.45, 2.75) is 19.3 Å². The van der Waals surface area contributed by atoms with Crippen LogP contribution in [0, 0.1) is 0 Å². The van der Waals surface area contributed by atoms with Gasteiger partial charge in [-0.2, -0.15) is 9.97 Å². The van der Waals surface area contributed by atoms with Gasteiger partial charge in [-0.1, -0.05) is 141 Å². The lowest BCUT2D eigenvalue weighted by molar-refractivity contribution is 0.403. The summed E-state index contributed by atoms with van der Waals surface area (Å²) in [4.78, 5) is 15.3. The molecular weight excluding hydrogens is 615 g/mol. The molecule has 1 aliphatic heterocycles. The normalized spacial score (nSPS) is 13.3. The topological polar surface area (TPSA) is 57.8 Å². The van der Waals surface area contributed by atoms with Crippen LogP contribution in [0.1, 0.15) is 25.0 Å². The van der Waals surface area contributed by atoms with E-state index in [4.69, 9.17) is 19.7 Å². The van der Waals surface area contributed by atoms with E-state index >= 15 is 0 Å². The Hall–Kier alpha value is -6.53. The van der Waals surface area contributed by atoms with Crippen molar-refractivity contribution < 1.29 is 4.74 Å². The summed E-state index contributed by atoms with van der Waals surface area (Å²) in [6.45, 7) is 4.61. The zero-order chi connectivity index (χ0) is 33.4. The second-order valence-corrected chi connectivity index (χ2v) is 13.3. The molecule has 0 atom stereocenters. The van der Waals surface area contributed by atoms with Gasteiger partial charge in [-0.15, -0.1) is 0 Å². The molecule has 0 saturated carbocycles. The molecule has 9 aromatic rings. The maximum Gasteiger partial charge on any atom is 0.238 e. The maximum absolute atomic E-state index is 7.29. The summed E-state index contributed by atoms with van der Waals surface area (Å²) < 4.78 is 11.7. The molecule has 6 heteroatoms. The molecule has 1 aliphatic rings. The minimum atomic E-state index is -0.387. The molecule has 4 heterocycles. The van der Waals surface area contributed by atoms with Gasteiger partial charge in [-0.25, -0.2) is 4.98 Å². The molecule has 0 spiro atoms. The zero-order valence-corrected chi connectivity index (χ0v) is 27.6. The fraction of sp³-hybridized carbons (Fsp3) is 0.0682. The van der Waals surface area contributed by atoms with Gasteiger partial charge in [0.05, 0.1) is 11.0 Å². The summed E-state index contributed by atoms with van der Waals surface area (Å²) in [7, 11) is 0. The number of hydrogen-bond donors (Lipinski definition) is 0. The van der Waals surface area contributed by atoms with Crippen LogP contribution in [0.15, 0.2) is 152 Å². The monoisotopic (exact) mass is 645 g/mol. The molecule has 6 aromatic carbocycles. The van der Waals surface area contributed by atoms with Crippen LogP contribution in [0.5, 0.6) is 11.6 Å². The van der Waals surface area contributed by atoms with E-state index in [0.717, 1.165) is 61.3 Å². The largest absolute Gasteiger partial charge is 0.438 e. The van der Waals surface area contributed by atoms with Gasteiger partial charge >= 0.3 is 0 Å². The van der Waals surface area contributed by atoms with Gasteiger partial charge in [-0.05, 0) is 24.3 Å². The van der Waals surface area contributed by atoms with E-state index in [1.807, 2.05) is 66.7 Å². The van der Waals surface area contributed by atoms with Crippen LogP contribution in [0.25, 0.3) is 67.1 Å².